The molecule has 1 N–H and O–H groups in total. The molecule has 0 radical (unpaired) electrons. The average molecular weight is 321 g/mol. The van der Waals surface area contributed by atoms with Gasteiger partial charge in [0.1, 0.15) is 5.75 Å². The van der Waals surface area contributed by atoms with E-state index in [9.17, 15) is 9.90 Å². The number of hydrogen-bond donors (Lipinski definition) is 1. The van der Waals surface area contributed by atoms with Crippen molar-refractivity contribution in [1.29, 1.82) is 0 Å². The quantitative estimate of drug-likeness (QED) is 0.698. The number of carbonyl (C=O) groups is 1. The van der Waals surface area contributed by atoms with Gasteiger partial charge in [-0.1, -0.05) is 12.1 Å². The molecule has 23 heavy (non-hydrogen) atoms. The molecule has 6 nitrogen and oxygen atoms in total. The highest BCUT2D eigenvalue weighted by Crippen LogP contribution is 2.27. The largest absolute Gasteiger partial charge is 0.545 e. The minimum Gasteiger partial charge on any atom is -0.545 e. The molecular formula is C17H23NO5. The molecule has 2 heterocycles. The van der Waals surface area contributed by atoms with Gasteiger partial charge in [-0.25, -0.2) is 0 Å². The lowest BCUT2D eigenvalue weighted by Gasteiger charge is -2.35. The second kappa shape index (κ2) is 7.29. The van der Waals surface area contributed by atoms with Crippen molar-refractivity contribution in [2.45, 2.75) is 25.0 Å². The first-order valence-corrected chi connectivity index (χ1v) is 8.23. The zero-order chi connectivity index (χ0) is 16.1. The molecule has 0 amide bonds. The molecule has 0 aromatic heterocycles. The number of carboxylic acids is 1. The smallest absolute Gasteiger partial charge is 0.179 e. The first-order valence-electron chi connectivity index (χ1n) is 8.23. The van der Waals surface area contributed by atoms with Gasteiger partial charge in [-0.15, -0.1) is 0 Å². The summed E-state index contributed by atoms with van der Waals surface area (Å²) in [6.07, 6.45) is 2.84. The minimum atomic E-state index is -1.18. The van der Waals surface area contributed by atoms with E-state index in [0.717, 1.165) is 38.9 Å². The van der Waals surface area contributed by atoms with Crippen LogP contribution in [0.25, 0.3) is 0 Å². The summed E-state index contributed by atoms with van der Waals surface area (Å²) in [7, 11) is 0. The average Bonchev–Trinajstić information content (AvgIpc) is 3.02. The summed E-state index contributed by atoms with van der Waals surface area (Å²) in [6, 6.07) is 6.43. The van der Waals surface area contributed by atoms with Crippen LogP contribution in [0.1, 0.15) is 29.6 Å². The van der Waals surface area contributed by atoms with Crippen molar-refractivity contribution in [3.05, 3.63) is 29.8 Å². The van der Waals surface area contributed by atoms with E-state index >= 15 is 0 Å². The van der Waals surface area contributed by atoms with Gasteiger partial charge in [0.2, 0.25) is 0 Å². The standard InChI is InChI=1S/C17H23NO5/c19-16(20)14-3-1-4-15(13-14)21-10-2-7-18-8-5-17(6-9-18)22-11-12-23-17/h1,3-4,13H,2,5-12H2,(H,19,20). The van der Waals surface area contributed by atoms with E-state index in [4.69, 9.17) is 14.2 Å². The molecule has 1 spiro atoms. The van der Waals surface area contributed by atoms with E-state index in [-0.39, 0.29) is 11.4 Å². The maximum Gasteiger partial charge on any atom is 0.179 e. The van der Waals surface area contributed by atoms with Gasteiger partial charge in [0.05, 0.1) is 58.3 Å². The predicted octanol–water partition coefficient (Wildman–Crippen LogP) is -0.759. The fourth-order valence-electron chi connectivity index (χ4n) is 3.25. The number of quaternary nitrogens is 1. The fourth-order valence-corrected chi connectivity index (χ4v) is 3.25. The van der Waals surface area contributed by atoms with E-state index in [1.807, 2.05) is 0 Å². The number of rotatable bonds is 6. The number of carbonyl (C=O) groups excluding carboxylic acids is 1. The number of carboxylic acid groups (broad SMARTS) is 1. The van der Waals surface area contributed by atoms with Crippen molar-refractivity contribution in [3.63, 3.8) is 0 Å². The second-order valence-corrected chi connectivity index (χ2v) is 6.12. The zero-order valence-electron chi connectivity index (χ0n) is 13.2. The minimum absolute atomic E-state index is 0.144. The third kappa shape index (κ3) is 4.22. The number of piperidine rings is 1. The van der Waals surface area contributed by atoms with E-state index in [0.29, 0.717) is 25.6 Å². The van der Waals surface area contributed by atoms with Crippen LogP contribution in [0.5, 0.6) is 5.75 Å². The summed E-state index contributed by atoms with van der Waals surface area (Å²) >= 11 is 0. The maximum atomic E-state index is 10.8. The summed E-state index contributed by atoms with van der Waals surface area (Å²) in [5, 5.41) is 10.8. The molecule has 2 saturated heterocycles. The molecule has 2 fully saturated rings. The summed E-state index contributed by atoms with van der Waals surface area (Å²) < 4.78 is 17.1. The molecule has 0 aliphatic carbocycles. The van der Waals surface area contributed by atoms with Crippen molar-refractivity contribution in [2.24, 2.45) is 0 Å². The molecule has 1 aromatic rings. The van der Waals surface area contributed by atoms with Gasteiger partial charge < -0.3 is 29.0 Å². The van der Waals surface area contributed by atoms with Gasteiger partial charge >= 0.3 is 0 Å². The van der Waals surface area contributed by atoms with Crippen molar-refractivity contribution in [1.82, 2.24) is 0 Å². The Labute approximate surface area is 135 Å². The summed E-state index contributed by atoms with van der Waals surface area (Å²) in [5.74, 6) is -0.906. The first kappa shape index (κ1) is 16.2. The Morgan fingerprint density at radius 2 is 2.00 bits per heavy atom. The van der Waals surface area contributed by atoms with E-state index < -0.39 is 5.97 Å². The number of likely N-dealkylation sites (tertiary alicyclic amines) is 1. The maximum absolute atomic E-state index is 10.8. The molecule has 6 heteroatoms. The van der Waals surface area contributed by atoms with Crippen LogP contribution in [-0.4, -0.2) is 51.2 Å². The third-order valence-electron chi connectivity index (χ3n) is 4.55. The molecule has 0 atom stereocenters. The van der Waals surface area contributed by atoms with Crippen molar-refractivity contribution >= 4 is 5.97 Å². The molecule has 0 bridgehead atoms. The Hall–Kier alpha value is -1.63. The summed E-state index contributed by atoms with van der Waals surface area (Å²) in [5.41, 5.74) is 0.144. The molecule has 2 aliphatic heterocycles. The number of nitrogens with one attached hydrogen (secondary N) is 1. The highest BCUT2D eigenvalue weighted by molar-refractivity contribution is 5.86. The molecule has 3 rings (SSSR count). The van der Waals surface area contributed by atoms with Gasteiger partial charge in [0.15, 0.2) is 5.79 Å². The van der Waals surface area contributed by atoms with Gasteiger partial charge in [0, 0.05) is 12.0 Å². The fraction of sp³-hybridized carbons (Fsp3) is 0.588. The van der Waals surface area contributed by atoms with Gasteiger partial charge in [-0.05, 0) is 12.1 Å². The van der Waals surface area contributed by atoms with E-state index in [1.54, 1.807) is 17.0 Å². The normalized spacial score (nSPS) is 20.7. The topological polar surface area (TPSA) is 72.3 Å². The third-order valence-corrected chi connectivity index (χ3v) is 4.55. The Kier molecular flexibility index (Phi) is 5.15. The van der Waals surface area contributed by atoms with Crippen LogP contribution in [0, 0.1) is 0 Å². The monoisotopic (exact) mass is 321 g/mol. The number of ether oxygens (including phenoxy) is 3. The first-order chi connectivity index (χ1) is 11.2. The van der Waals surface area contributed by atoms with Crippen molar-refractivity contribution < 1.29 is 29.0 Å². The lowest BCUT2D eigenvalue weighted by atomic mass is 10.0. The van der Waals surface area contributed by atoms with E-state index in [2.05, 4.69) is 0 Å². The van der Waals surface area contributed by atoms with Crippen molar-refractivity contribution in [3.8, 4) is 5.75 Å². The summed E-state index contributed by atoms with van der Waals surface area (Å²) in [4.78, 5) is 12.3. The number of hydrogen-bond acceptors (Lipinski definition) is 5. The van der Waals surface area contributed by atoms with Gasteiger partial charge in [0.25, 0.3) is 0 Å². The van der Waals surface area contributed by atoms with Crippen LogP contribution >= 0.6 is 0 Å². The lowest BCUT2D eigenvalue weighted by Crippen LogP contribution is -3.13. The Bertz CT molecular complexity index is 532. The van der Waals surface area contributed by atoms with Crippen LogP contribution in [0.15, 0.2) is 24.3 Å². The Morgan fingerprint density at radius 3 is 2.70 bits per heavy atom. The second-order valence-electron chi connectivity index (χ2n) is 6.12. The molecule has 0 saturated carbocycles. The van der Waals surface area contributed by atoms with Crippen LogP contribution in [0.3, 0.4) is 0 Å². The predicted molar refractivity (Wildman–Crippen MR) is 80.3 cm³/mol. The van der Waals surface area contributed by atoms with Gasteiger partial charge in [-0.2, -0.15) is 0 Å². The Balaban J connectivity index is 1.36. The summed E-state index contributed by atoms with van der Waals surface area (Å²) in [6.45, 7) is 5.16. The SMILES string of the molecule is O=C([O-])c1cccc(OCCC[NH+]2CCC3(CC2)OCCO3)c1. The van der Waals surface area contributed by atoms with Gasteiger partial charge in [-0.3, -0.25) is 0 Å². The molecule has 1 aromatic carbocycles. The molecule has 126 valence electrons. The van der Waals surface area contributed by atoms with Crippen LogP contribution < -0.4 is 14.7 Å². The van der Waals surface area contributed by atoms with Crippen LogP contribution in [-0.2, 0) is 9.47 Å². The number of benzene rings is 1. The highest BCUT2D eigenvalue weighted by Gasteiger charge is 2.41. The Morgan fingerprint density at radius 1 is 1.26 bits per heavy atom. The molecule has 0 unspecified atom stereocenters. The lowest BCUT2D eigenvalue weighted by molar-refractivity contribution is -0.909. The zero-order valence-corrected chi connectivity index (χ0v) is 13.2. The molecule has 2 aliphatic rings. The highest BCUT2D eigenvalue weighted by atomic mass is 16.7. The van der Waals surface area contributed by atoms with E-state index in [1.165, 1.54) is 12.1 Å². The molecular weight excluding hydrogens is 298 g/mol. The number of aromatic carboxylic acids is 1. The van der Waals surface area contributed by atoms with Crippen LogP contribution in [0.2, 0.25) is 0 Å². The van der Waals surface area contributed by atoms with Crippen LogP contribution in [0.4, 0.5) is 0 Å². The van der Waals surface area contributed by atoms with Crippen molar-refractivity contribution in [2.75, 3.05) is 39.5 Å².